The third-order valence-corrected chi connectivity index (χ3v) is 6.10. The summed E-state index contributed by atoms with van der Waals surface area (Å²) >= 11 is 3.07. The van der Waals surface area contributed by atoms with E-state index >= 15 is 0 Å². The Bertz CT molecular complexity index is 994. The number of benzene rings is 1. The molecular formula is C19H19N3O2S2. The van der Waals surface area contributed by atoms with E-state index in [-0.39, 0.29) is 17.4 Å². The van der Waals surface area contributed by atoms with Crippen LogP contribution in [0.2, 0.25) is 0 Å². The van der Waals surface area contributed by atoms with E-state index in [4.69, 9.17) is 0 Å². The summed E-state index contributed by atoms with van der Waals surface area (Å²) in [4.78, 5) is 34.8. The van der Waals surface area contributed by atoms with Crippen LogP contribution < -0.4 is 5.32 Å². The first-order valence-electron chi connectivity index (χ1n) is 8.13. The monoisotopic (exact) mass is 385 g/mol. The summed E-state index contributed by atoms with van der Waals surface area (Å²) in [5.74, 6) is 0.859. The summed E-state index contributed by atoms with van der Waals surface area (Å²) in [5, 5.41) is 4.74. The molecule has 0 saturated heterocycles. The molecule has 134 valence electrons. The number of anilines is 1. The predicted molar refractivity (Wildman–Crippen MR) is 107 cm³/mol. The number of aryl methyl sites for hydroxylation is 3. The van der Waals surface area contributed by atoms with Crippen molar-refractivity contribution < 1.29 is 9.59 Å². The van der Waals surface area contributed by atoms with Crippen LogP contribution in [0, 0.1) is 20.8 Å². The number of carbonyl (C=O) groups is 2. The van der Waals surface area contributed by atoms with Gasteiger partial charge in [0.2, 0.25) is 5.91 Å². The molecule has 7 heteroatoms. The van der Waals surface area contributed by atoms with Crippen molar-refractivity contribution in [2.45, 2.75) is 32.7 Å². The summed E-state index contributed by atoms with van der Waals surface area (Å²) in [6.07, 6.45) is 0. The van der Waals surface area contributed by atoms with Crippen molar-refractivity contribution >= 4 is 50.7 Å². The Morgan fingerprint density at radius 1 is 1.12 bits per heavy atom. The van der Waals surface area contributed by atoms with Gasteiger partial charge >= 0.3 is 0 Å². The Morgan fingerprint density at radius 3 is 2.46 bits per heavy atom. The first-order chi connectivity index (χ1) is 12.3. The van der Waals surface area contributed by atoms with E-state index in [1.165, 1.54) is 29.1 Å². The van der Waals surface area contributed by atoms with Crippen LogP contribution in [0.5, 0.6) is 0 Å². The topological polar surface area (TPSA) is 72.0 Å². The van der Waals surface area contributed by atoms with Crippen LogP contribution in [0.4, 0.5) is 5.69 Å². The molecule has 3 rings (SSSR count). The van der Waals surface area contributed by atoms with E-state index in [2.05, 4.69) is 29.1 Å². The van der Waals surface area contributed by atoms with Gasteiger partial charge in [-0.15, -0.1) is 11.3 Å². The Kier molecular flexibility index (Phi) is 5.38. The zero-order valence-corrected chi connectivity index (χ0v) is 16.7. The smallest absolute Gasteiger partial charge is 0.234 e. The number of carbonyl (C=O) groups excluding carboxylic acids is 2. The lowest BCUT2D eigenvalue weighted by atomic mass is 10.1. The molecule has 0 unspecified atom stereocenters. The summed E-state index contributed by atoms with van der Waals surface area (Å²) < 4.78 is 0. The molecule has 0 aliphatic carbocycles. The Labute approximate surface area is 160 Å². The number of amides is 1. The van der Waals surface area contributed by atoms with Gasteiger partial charge < -0.3 is 5.32 Å². The summed E-state index contributed by atoms with van der Waals surface area (Å²) in [6.45, 7) is 7.52. The maximum absolute atomic E-state index is 12.3. The molecule has 5 nitrogen and oxygen atoms in total. The van der Waals surface area contributed by atoms with E-state index in [1.807, 2.05) is 6.92 Å². The number of thioether (sulfide) groups is 1. The molecule has 0 spiro atoms. The highest BCUT2D eigenvalue weighted by Gasteiger charge is 2.15. The maximum atomic E-state index is 12.3. The number of thiophene rings is 1. The normalized spacial score (nSPS) is 10.9. The highest BCUT2D eigenvalue weighted by Crippen LogP contribution is 2.35. The molecule has 26 heavy (non-hydrogen) atoms. The van der Waals surface area contributed by atoms with Gasteiger partial charge in [-0.2, -0.15) is 0 Å². The standard InChI is InChI=1S/C19H19N3O2S2/c1-10-12(3)26-19-17(10)18(20-13(4)21-19)25-9-16(24)22-15-7-5-14(6-8-15)11(2)23/h5-8H,9H2,1-4H3,(H,22,24). The van der Waals surface area contributed by atoms with E-state index in [0.29, 0.717) is 17.1 Å². The minimum absolute atomic E-state index is 0.00278. The van der Waals surface area contributed by atoms with Crippen LogP contribution in [-0.2, 0) is 4.79 Å². The van der Waals surface area contributed by atoms with Crippen molar-refractivity contribution in [2.24, 2.45) is 0 Å². The van der Waals surface area contributed by atoms with Crippen LogP contribution in [-0.4, -0.2) is 27.4 Å². The molecule has 0 atom stereocenters. The largest absolute Gasteiger partial charge is 0.325 e. The van der Waals surface area contributed by atoms with Crippen molar-refractivity contribution in [3.05, 3.63) is 46.1 Å². The number of Topliss-reactive ketones (excluding diaryl/α,β-unsaturated/α-hetero) is 1. The molecular weight excluding hydrogens is 366 g/mol. The number of fused-ring (bicyclic) bond motifs is 1. The van der Waals surface area contributed by atoms with E-state index < -0.39 is 0 Å². The molecule has 1 aromatic carbocycles. The van der Waals surface area contributed by atoms with Crippen molar-refractivity contribution in [1.29, 1.82) is 0 Å². The van der Waals surface area contributed by atoms with Crippen LogP contribution >= 0.6 is 23.1 Å². The zero-order valence-electron chi connectivity index (χ0n) is 15.0. The van der Waals surface area contributed by atoms with Gasteiger partial charge in [0.05, 0.1) is 5.75 Å². The first-order valence-corrected chi connectivity index (χ1v) is 9.93. The van der Waals surface area contributed by atoms with Crippen molar-refractivity contribution in [3.63, 3.8) is 0 Å². The maximum Gasteiger partial charge on any atom is 0.234 e. The molecule has 0 bridgehead atoms. The van der Waals surface area contributed by atoms with Gasteiger partial charge in [0, 0.05) is 21.5 Å². The van der Waals surface area contributed by atoms with E-state index in [9.17, 15) is 9.59 Å². The minimum Gasteiger partial charge on any atom is -0.325 e. The average molecular weight is 386 g/mol. The second-order valence-corrected chi connectivity index (χ2v) is 8.18. The second-order valence-electron chi connectivity index (χ2n) is 6.01. The molecule has 0 aliphatic heterocycles. The van der Waals surface area contributed by atoms with Crippen molar-refractivity contribution in [3.8, 4) is 0 Å². The highest BCUT2D eigenvalue weighted by atomic mass is 32.2. The number of nitrogens with one attached hydrogen (secondary N) is 1. The number of hydrogen-bond acceptors (Lipinski definition) is 6. The van der Waals surface area contributed by atoms with Crippen LogP contribution in [0.15, 0.2) is 29.3 Å². The van der Waals surface area contributed by atoms with Crippen LogP contribution in [0.1, 0.15) is 33.5 Å². The molecule has 0 saturated carbocycles. The van der Waals surface area contributed by atoms with Gasteiger partial charge in [0.15, 0.2) is 5.78 Å². The first kappa shape index (κ1) is 18.5. The highest BCUT2D eigenvalue weighted by molar-refractivity contribution is 8.00. The molecule has 0 radical (unpaired) electrons. The molecule has 0 aliphatic rings. The third-order valence-electron chi connectivity index (χ3n) is 4.02. The van der Waals surface area contributed by atoms with Gasteiger partial charge in [0.1, 0.15) is 15.7 Å². The van der Waals surface area contributed by atoms with Crippen molar-refractivity contribution in [1.82, 2.24) is 9.97 Å². The molecule has 1 N–H and O–H groups in total. The van der Waals surface area contributed by atoms with Gasteiger partial charge in [-0.3, -0.25) is 9.59 Å². The van der Waals surface area contributed by atoms with E-state index in [0.717, 1.165) is 15.2 Å². The van der Waals surface area contributed by atoms with Crippen LogP contribution in [0.3, 0.4) is 0 Å². The lowest BCUT2D eigenvalue weighted by Crippen LogP contribution is -2.14. The summed E-state index contributed by atoms with van der Waals surface area (Å²) in [6, 6.07) is 6.89. The third kappa shape index (κ3) is 3.94. The van der Waals surface area contributed by atoms with Gasteiger partial charge in [-0.05, 0) is 57.5 Å². The fraction of sp³-hybridized carbons (Fsp3) is 0.263. The summed E-state index contributed by atoms with van der Waals surface area (Å²) in [7, 11) is 0. The van der Waals surface area contributed by atoms with Gasteiger partial charge in [0.25, 0.3) is 0 Å². The SMILES string of the molecule is CC(=O)c1ccc(NC(=O)CSc2nc(C)nc3sc(C)c(C)c23)cc1. The summed E-state index contributed by atoms with van der Waals surface area (Å²) in [5.41, 5.74) is 2.47. The zero-order chi connectivity index (χ0) is 18.8. The minimum atomic E-state index is -0.111. The Balaban J connectivity index is 1.71. The number of hydrogen-bond donors (Lipinski definition) is 1. The quantitative estimate of drug-likeness (QED) is 0.396. The molecule has 2 heterocycles. The number of nitrogens with zero attached hydrogens (tertiary/aromatic N) is 2. The lowest BCUT2D eigenvalue weighted by molar-refractivity contribution is -0.113. The lowest BCUT2D eigenvalue weighted by Gasteiger charge is -2.07. The van der Waals surface area contributed by atoms with Crippen molar-refractivity contribution in [2.75, 3.05) is 11.1 Å². The molecule has 3 aromatic rings. The molecule has 2 aromatic heterocycles. The molecule has 0 fully saturated rings. The Morgan fingerprint density at radius 2 is 1.81 bits per heavy atom. The fourth-order valence-corrected chi connectivity index (χ4v) is 4.61. The predicted octanol–water partition coefficient (Wildman–Crippen LogP) is 4.55. The van der Waals surface area contributed by atoms with E-state index in [1.54, 1.807) is 35.6 Å². The average Bonchev–Trinajstić information content (AvgIpc) is 2.87. The van der Waals surface area contributed by atoms with Gasteiger partial charge in [-0.1, -0.05) is 11.8 Å². The fourth-order valence-electron chi connectivity index (χ4n) is 2.54. The Hall–Kier alpha value is -2.25. The van der Waals surface area contributed by atoms with Crippen LogP contribution in [0.25, 0.3) is 10.2 Å². The number of aromatic nitrogens is 2. The second kappa shape index (κ2) is 7.55. The number of rotatable bonds is 5. The molecule has 1 amide bonds. The van der Waals surface area contributed by atoms with Gasteiger partial charge in [-0.25, -0.2) is 9.97 Å². The number of ketones is 1.